The molecule has 0 unspecified atom stereocenters. The van der Waals surface area contributed by atoms with Gasteiger partial charge in [-0.1, -0.05) is 0 Å². The van der Waals surface area contributed by atoms with E-state index < -0.39 is 0 Å². The fraction of sp³-hybridized carbons (Fsp3) is 0.444. The van der Waals surface area contributed by atoms with E-state index in [0.29, 0.717) is 0 Å². The number of aliphatic imine (C=N–C) groups is 1. The van der Waals surface area contributed by atoms with Gasteiger partial charge in [0.2, 0.25) is 0 Å². The molecule has 0 fully saturated rings. The number of likely N-dealkylation sites (N-methyl/N-ethyl adjacent to an activating group) is 1. The van der Waals surface area contributed by atoms with Crippen molar-refractivity contribution < 1.29 is 0 Å². The van der Waals surface area contributed by atoms with E-state index in [4.69, 9.17) is 0 Å². The molecule has 2 heterocycles. The Morgan fingerprint density at radius 3 is 3.14 bits per heavy atom. The normalized spacial score (nSPS) is 15.9. The van der Waals surface area contributed by atoms with Crippen LogP contribution in [0.1, 0.15) is 5.56 Å². The van der Waals surface area contributed by atoms with Crippen LogP contribution in [0.3, 0.4) is 0 Å². The molecule has 0 amide bonds. The maximum absolute atomic E-state index is 4.37. The Balaban J connectivity index is 1.92. The van der Waals surface area contributed by atoms with E-state index in [1.165, 1.54) is 9.35 Å². The summed E-state index contributed by atoms with van der Waals surface area (Å²) in [5.74, 6) is 1.00. The number of halogens is 1. The van der Waals surface area contributed by atoms with Crippen molar-refractivity contribution in [1.82, 2.24) is 10.2 Å². The van der Waals surface area contributed by atoms with Crippen LogP contribution in [0.2, 0.25) is 0 Å². The fourth-order valence-corrected chi connectivity index (χ4v) is 2.58. The lowest BCUT2D eigenvalue weighted by atomic mass is 10.3. The molecule has 0 saturated heterocycles. The van der Waals surface area contributed by atoms with Crippen LogP contribution in [-0.2, 0) is 6.54 Å². The highest BCUT2D eigenvalue weighted by Crippen LogP contribution is 2.23. The molecule has 0 saturated carbocycles. The summed E-state index contributed by atoms with van der Waals surface area (Å²) < 4.78 is 1.20. The highest BCUT2D eigenvalue weighted by molar-refractivity contribution is 9.11. The molecule has 1 aliphatic rings. The van der Waals surface area contributed by atoms with Gasteiger partial charge in [-0.15, -0.1) is 11.3 Å². The summed E-state index contributed by atoms with van der Waals surface area (Å²) in [5, 5.41) is 5.41. The van der Waals surface area contributed by atoms with Gasteiger partial charge in [0.15, 0.2) is 5.96 Å². The number of hydrogen-bond donors (Lipinski definition) is 1. The van der Waals surface area contributed by atoms with Crippen LogP contribution < -0.4 is 5.32 Å². The minimum atomic E-state index is 0.841. The topological polar surface area (TPSA) is 27.6 Å². The molecule has 14 heavy (non-hydrogen) atoms. The van der Waals surface area contributed by atoms with Crippen LogP contribution in [0.15, 0.2) is 20.2 Å². The Bertz CT molecular complexity index is 348. The van der Waals surface area contributed by atoms with Crippen molar-refractivity contribution in [2.75, 3.05) is 20.1 Å². The Morgan fingerprint density at radius 2 is 2.57 bits per heavy atom. The largest absolute Gasteiger partial charge is 0.352 e. The van der Waals surface area contributed by atoms with Crippen molar-refractivity contribution >= 4 is 33.2 Å². The molecule has 0 bridgehead atoms. The fourth-order valence-electron chi connectivity index (χ4n) is 1.34. The van der Waals surface area contributed by atoms with Crippen molar-refractivity contribution in [2.45, 2.75) is 6.54 Å². The predicted octanol–water partition coefficient (Wildman–Crippen LogP) is 1.90. The van der Waals surface area contributed by atoms with Crippen molar-refractivity contribution in [3.8, 4) is 0 Å². The summed E-state index contributed by atoms with van der Waals surface area (Å²) in [6.45, 7) is 2.77. The van der Waals surface area contributed by atoms with Crippen LogP contribution in [-0.4, -0.2) is 31.0 Å². The standard InChI is InChI=1S/C9H12BrN3S/c1-13-4-3-11-9(13)12-6-7-2-5-14-8(7)10/h2,5H,3-4,6H2,1H3,(H,11,12). The molecular weight excluding hydrogens is 262 g/mol. The van der Waals surface area contributed by atoms with Crippen molar-refractivity contribution in [1.29, 1.82) is 0 Å². The predicted molar refractivity (Wildman–Crippen MR) is 63.8 cm³/mol. The molecule has 0 spiro atoms. The third-order valence-corrected chi connectivity index (χ3v) is 4.00. The highest BCUT2D eigenvalue weighted by Gasteiger charge is 2.11. The van der Waals surface area contributed by atoms with E-state index in [0.717, 1.165) is 25.6 Å². The van der Waals surface area contributed by atoms with Crippen LogP contribution in [0.4, 0.5) is 0 Å². The molecule has 1 N–H and O–H groups in total. The Labute approximate surface area is 96.0 Å². The maximum Gasteiger partial charge on any atom is 0.194 e. The lowest BCUT2D eigenvalue weighted by molar-refractivity contribution is 0.534. The first-order chi connectivity index (χ1) is 6.77. The average Bonchev–Trinajstić information content (AvgIpc) is 2.72. The molecule has 1 aromatic rings. The zero-order chi connectivity index (χ0) is 9.97. The van der Waals surface area contributed by atoms with Crippen molar-refractivity contribution in [2.24, 2.45) is 4.99 Å². The van der Waals surface area contributed by atoms with Gasteiger partial charge in [-0.2, -0.15) is 0 Å². The van der Waals surface area contributed by atoms with Gasteiger partial charge in [0, 0.05) is 20.1 Å². The van der Waals surface area contributed by atoms with Gasteiger partial charge >= 0.3 is 0 Å². The van der Waals surface area contributed by atoms with Gasteiger partial charge in [-0.3, -0.25) is 4.99 Å². The Hall–Kier alpha value is -0.550. The highest BCUT2D eigenvalue weighted by atomic mass is 79.9. The summed E-state index contributed by atoms with van der Waals surface area (Å²) >= 11 is 5.23. The minimum Gasteiger partial charge on any atom is -0.352 e. The lowest BCUT2D eigenvalue weighted by Gasteiger charge is -2.14. The lowest BCUT2D eigenvalue weighted by Crippen LogP contribution is -2.35. The van der Waals surface area contributed by atoms with Crippen LogP contribution in [0, 0.1) is 0 Å². The van der Waals surface area contributed by atoms with E-state index in [1.54, 1.807) is 11.3 Å². The molecule has 0 aromatic carbocycles. The van der Waals surface area contributed by atoms with E-state index in [1.807, 2.05) is 0 Å². The number of rotatable bonds is 2. The van der Waals surface area contributed by atoms with Gasteiger partial charge in [0.05, 0.1) is 10.3 Å². The third-order valence-electron chi connectivity index (χ3n) is 2.19. The smallest absolute Gasteiger partial charge is 0.194 e. The second-order valence-electron chi connectivity index (χ2n) is 3.20. The van der Waals surface area contributed by atoms with Gasteiger partial charge < -0.3 is 10.2 Å². The molecule has 3 nitrogen and oxygen atoms in total. The van der Waals surface area contributed by atoms with Crippen LogP contribution in [0.25, 0.3) is 0 Å². The monoisotopic (exact) mass is 273 g/mol. The number of nitrogens with zero attached hydrogens (tertiary/aromatic N) is 2. The molecule has 1 aliphatic heterocycles. The van der Waals surface area contributed by atoms with E-state index in [9.17, 15) is 0 Å². The molecule has 2 rings (SSSR count). The van der Waals surface area contributed by atoms with E-state index >= 15 is 0 Å². The molecule has 0 radical (unpaired) electrons. The summed E-state index contributed by atoms with van der Waals surface area (Å²) in [6.07, 6.45) is 0. The molecule has 1 aromatic heterocycles. The summed E-state index contributed by atoms with van der Waals surface area (Å²) in [7, 11) is 2.06. The number of guanidine groups is 1. The first kappa shape index (κ1) is 9.98. The SMILES string of the molecule is CN1CCN=C1NCc1ccsc1Br. The quantitative estimate of drug-likeness (QED) is 0.892. The van der Waals surface area contributed by atoms with Crippen LogP contribution in [0.5, 0.6) is 0 Å². The molecular formula is C9H12BrN3S. The second kappa shape index (κ2) is 4.31. The Morgan fingerprint density at radius 1 is 1.71 bits per heavy atom. The zero-order valence-corrected chi connectivity index (χ0v) is 10.4. The minimum absolute atomic E-state index is 0.841. The van der Waals surface area contributed by atoms with Crippen molar-refractivity contribution in [3.05, 3.63) is 20.8 Å². The first-order valence-electron chi connectivity index (χ1n) is 4.48. The third kappa shape index (κ3) is 2.09. The molecule has 0 atom stereocenters. The molecule has 5 heteroatoms. The summed E-state index contributed by atoms with van der Waals surface area (Å²) in [4.78, 5) is 6.50. The zero-order valence-electron chi connectivity index (χ0n) is 7.96. The summed E-state index contributed by atoms with van der Waals surface area (Å²) in [5.41, 5.74) is 1.29. The number of hydrogen-bond acceptors (Lipinski definition) is 4. The van der Waals surface area contributed by atoms with Crippen LogP contribution >= 0.6 is 27.3 Å². The number of thiophene rings is 1. The Kier molecular flexibility index (Phi) is 3.08. The second-order valence-corrected chi connectivity index (χ2v) is 5.43. The number of nitrogens with one attached hydrogen (secondary N) is 1. The average molecular weight is 274 g/mol. The van der Waals surface area contributed by atoms with Gasteiger partial charge in [-0.05, 0) is 32.9 Å². The van der Waals surface area contributed by atoms with Gasteiger partial charge in [-0.25, -0.2) is 0 Å². The molecule has 0 aliphatic carbocycles. The van der Waals surface area contributed by atoms with Gasteiger partial charge in [0.1, 0.15) is 0 Å². The van der Waals surface area contributed by atoms with Gasteiger partial charge in [0.25, 0.3) is 0 Å². The maximum atomic E-state index is 4.37. The first-order valence-corrected chi connectivity index (χ1v) is 6.16. The van der Waals surface area contributed by atoms with Crippen molar-refractivity contribution in [3.63, 3.8) is 0 Å². The summed E-state index contributed by atoms with van der Waals surface area (Å²) in [6, 6.07) is 2.12. The van der Waals surface area contributed by atoms with E-state index in [-0.39, 0.29) is 0 Å². The molecule has 76 valence electrons. The van der Waals surface area contributed by atoms with E-state index in [2.05, 4.69) is 49.6 Å².